The van der Waals surface area contributed by atoms with Crippen molar-refractivity contribution in [3.8, 4) is 0 Å². The zero-order chi connectivity index (χ0) is 17.3. The summed E-state index contributed by atoms with van der Waals surface area (Å²) in [6, 6.07) is 2.26. The minimum absolute atomic E-state index is 0.186. The lowest BCUT2D eigenvalue weighted by Gasteiger charge is -2.43. The Morgan fingerprint density at radius 1 is 1.39 bits per heavy atom. The number of rotatable bonds is 5. The molecule has 0 aliphatic heterocycles. The largest absolute Gasteiger partial charge is 0.466 e. The fraction of sp³-hybridized carbons (Fsp3) is 0.722. The standard InChI is InChI=1S/C18H30N2O3/c1-12-10-15(14(3)22-12)13(2)19-11-18(8-7-9-18)20-16(21)23-17(4,5)6/h10,13,19H,7-9,11H2,1-6H3,(H,20,21). The second-order valence-corrected chi connectivity index (χ2v) is 7.73. The molecular weight excluding hydrogens is 292 g/mol. The summed E-state index contributed by atoms with van der Waals surface area (Å²) in [6.07, 6.45) is 2.77. The highest BCUT2D eigenvalue weighted by atomic mass is 16.6. The third-order valence-corrected chi connectivity index (χ3v) is 4.37. The van der Waals surface area contributed by atoms with Crippen LogP contribution in [0.5, 0.6) is 0 Å². The Morgan fingerprint density at radius 2 is 2.04 bits per heavy atom. The summed E-state index contributed by atoms with van der Waals surface area (Å²) in [7, 11) is 0. The molecule has 2 N–H and O–H groups in total. The van der Waals surface area contributed by atoms with E-state index in [9.17, 15) is 4.79 Å². The Kier molecular flexibility index (Phi) is 5.09. The summed E-state index contributed by atoms with van der Waals surface area (Å²) in [5.74, 6) is 1.88. The van der Waals surface area contributed by atoms with Crippen molar-refractivity contribution in [1.29, 1.82) is 0 Å². The average Bonchev–Trinajstić information content (AvgIpc) is 2.69. The maximum Gasteiger partial charge on any atom is 0.408 e. The summed E-state index contributed by atoms with van der Waals surface area (Å²) in [5.41, 5.74) is 0.513. The number of aryl methyl sites for hydroxylation is 2. The molecule has 1 atom stereocenters. The Labute approximate surface area is 139 Å². The number of furan rings is 1. The molecule has 0 saturated heterocycles. The molecule has 1 aromatic rings. The smallest absolute Gasteiger partial charge is 0.408 e. The predicted octanol–water partition coefficient (Wildman–Crippen LogP) is 3.99. The molecule has 23 heavy (non-hydrogen) atoms. The molecule has 130 valence electrons. The van der Waals surface area contributed by atoms with Crippen molar-refractivity contribution in [2.75, 3.05) is 6.54 Å². The summed E-state index contributed by atoms with van der Waals surface area (Å²) in [6.45, 7) is 12.4. The number of ether oxygens (including phenoxy) is 1. The molecule has 1 unspecified atom stereocenters. The predicted molar refractivity (Wildman–Crippen MR) is 90.6 cm³/mol. The number of amides is 1. The Bertz CT molecular complexity index is 553. The summed E-state index contributed by atoms with van der Waals surface area (Å²) in [5, 5.41) is 6.60. The number of alkyl carbamates (subject to hydrolysis) is 1. The first-order valence-electron chi connectivity index (χ1n) is 8.42. The fourth-order valence-electron chi connectivity index (χ4n) is 3.01. The number of nitrogens with one attached hydrogen (secondary N) is 2. The van der Waals surface area contributed by atoms with Crippen molar-refractivity contribution in [2.45, 2.75) is 78.0 Å². The van der Waals surface area contributed by atoms with Crippen LogP contribution in [-0.2, 0) is 4.74 Å². The minimum Gasteiger partial charge on any atom is -0.466 e. The second-order valence-electron chi connectivity index (χ2n) is 7.73. The quantitative estimate of drug-likeness (QED) is 0.860. The summed E-state index contributed by atoms with van der Waals surface area (Å²) in [4.78, 5) is 12.1. The van der Waals surface area contributed by atoms with Gasteiger partial charge in [-0.3, -0.25) is 0 Å². The third-order valence-electron chi connectivity index (χ3n) is 4.37. The van der Waals surface area contributed by atoms with E-state index in [0.717, 1.165) is 37.3 Å². The van der Waals surface area contributed by atoms with Gasteiger partial charge >= 0.3 is 6.09 Å². The van der Waals surface area contributed by atoms with E-state index in [-0.39, 0.29) is 17.7 Å². The van der Waals surface area contributed by atoms with Crippen LogP contribution in [0.3, 0.4) is 0 Å². The van der Waals surface area contributed by atoms with Crippen LogP contribution in [0.15, 0.2) is 10.5 Å². The first-order chi connectivity index (χ1) is 10.6. The van der Waals surface area contributed by atoms with E-state index in [1.807, 2.05) is 34.6 Å². The van der Waals surface area contributed by atoms with Crippen LogP contribution in [0.1, 0.15) is 70.1 Å². The van der Waals surface area contributed by atoms with Gasteiger partial charge in [-0.1, -0.05) is 0 Å². The molecule has 5 nitrogen and oxygen atoms in total. The molecule has 1 fully saturated rings. The molecule has 5 heteroatoms. The van der Waals surface area contributed by atoms with Crippen LogP contribution in [-0.4, -0.2) is 23.8 Å². The van der Waals surface area contributed by atoms with Gasteiger partial charge in [0.25, 0.3) is 0 Å². The molecule has 0 spiro atoms. The van der Waals surface area contributed by atoms with Gasteiger partial charge < -0.3 is 19.8 Å². The van der Waals surface area contributed by atoms with E-state index >= 15 is 0 Å². The van der Waals surface area contributed by atoms with Crippen LogP contribution in [0.2, 0.25) is 0 Å². The first-order valence-corrected chi connectivity index (χ1v) is 8.42. The van der Waals surface area contributed by atoms with Crippen molar-refractivity contribution in [2.24, 2.45) is 0 Å². The lowest BCUT2D eigenvalue weighted by atomic mass is 9.76. The van der Waals surface area contributed by atoms with Gasteiger partial charge in [0, 0.05) is 18.2 Å². The molecule has 1 heterocycles. The SMILES string of the molecule is Cc1cc(C(C)NCC2(NC(=O)OC(C)(C)C)CCC2)c(C)o1. The van der Waals surface area contributed by atoms with E-state index < -0.39 is 5.60 Å². The number of hydrogen-bond donors (Lipinski definition) is 2. The number of carbonyl (C=O) groups excluding carboxylic acids is 1. The highest BCUT2D eigenvalue weighted by Gasteiger charge is 2.39. The van der Waals surface area contributed by atoms with Crippen LogP contribution in [0.25, 0.3) is 0 Å². The van der Waals surface area contributed by atoms with Gasteiger partial charge in [0.15, 0.2) is 0 Å². The van der Waals surface area contributed by atoms with E-state index in [2.05, 4.69) is 23.6 Å². The highest BCUT2D eigenvalue weighted by molar-refractivity contribution is 5.69. The topological polar surface area (TPSA) is 63.5 Å². The normalized spacial score (nSPS) is 18.2. The van der Waals surface area contributed by atoms with Gasteiger partial charge in [-0.2, -0.15) is 0 Å². The van der Waals surface area contributed by atoms with Crippen LogP contribution >= 0.6 is 0 Å². The average molecular weight is 322 g/mol. The van der Waals surface area contributed by atoms with Crippen molar-refractivity contribution >= 4 is 6.09 Å². The molecule has 0 bridgehead atoms. The molecule has 2 rings (SSSR count). The van der Waals surface area contributed by atoms with Crippen molar-refractivity contribution in [1.82, 2.24) is 10.6 Å². The van der Waals surface area contributed by atoms with Crippen LogP contribution < -0.4 is 10.6 Å². The Hall–Kier alpha value is -1.49. The summed E-state index contributed by atoms with van der Waals surface area (Å²) >= 11 is 0. The van der Waals surface area contributed by atoms with Gasteiger partial charge in [-0.25, -0.2) is 4.79 Å². The van der Waals surface area contributed by atoms with Crippen molar-refractivity contribution in [3.05, 3.63) is 23.2 Å². The maximum absolute atomic E-state index is 12.1. The summed E-state index contributed by atoms with van der Waals surface area (Å²) < 4.78 is 11.0. The lowest BCUT2D eigenvalue weighted by Crippen LogP contribution is -2.60. The monoisotopic (exact) mass is 322 g/mol. The molecular formula is C18H30N2O3. The van der Waals surface area contributed by atoms with Crippen LogP contribution in [0, 0.1) is 13.8 Å². The molecule has 1 amide bonds. The third kappa shape index (κ3) is 4.74. The Balaban J connectivity index is 1.91. The molecule has 1 saturated carbocycles. The van der Waals surface area contributed by atoms with E-state index in [0.29, 0.717) is 0 Å². The lowest BCUT2D eigenvalue weighted by molar-refractivity contribution is 0.0379. The van der Waals surface area contributed by atoms with Gasteiger partial charge in [0.1, 0.15) is 17.1 Å². The number of hydrogen-bond acceptors (Lipinski definition) is 4. The molecule has 1 aromatic heterocycles. The van der Waals surface area contributed by atoms with Crippen molar-refractivity contribution < 1.29 is 13.9 Å². The zero-order valence-corrected chi connectivity index (χ0v) is 15.2. The molecule has 1 aliphatic rings. The molecule has 0 aromatic carbocycles. The van der Waals surface area contributed by atoms with Gasteiger partial charge in [0.2, 0.25) is 0 Å². The fourth-order valence-corrected chi connectivity index (χ4v) is 3.01. The minimum atomic E-state index is -0.471. The van der Waals surface area contributed by atoms with E-state index in [4.69, 9.17) is 9.15 Å². The van der Waals surface area contributed by atoms with Gasteiger partial charge in [-0.15, -0.1) is 0 Å². The van der Waals surface area contributed by atoms with Crippen molar-refractivity contribution in [3.63, 3.8) is 0 Å². The zero-order valence-electron chi connectivity index (χ0n) is 15.2. The molecule has 1 aliphatic carbocycles. The second kappa shape index (κ2) is 6.56. The van der Waals surface area contributed by atoms with Gasteiger partial charge in [-0.05, 0) is 66.9 Å². The van der Waals surface area contributed by atoms with Crippen LogP contribution in [0.4, 0.5) is 4.79 Å². The Morgan fingerprint density at radius 3 is 2.48 bits per heavy atom. The van der Waals surface area contributed by atoms with Gasteiger partial charge in [0.05, 0.1) is 5.54 Å². The van der Waals surface area contributed by atoms with E-state index in [1.165, 1.54) is 5.56 Å². The molecule has 0 radical (unpaired) electrons. The van der Waals surface area contributed by atoms with E-state index in [1.54, 1.807) is 0 Å². The number of carbonyl (C=O) groups is 1. The first kappa shape index (κ1) is 17.9. The maximum atomic E-state index is 12.1. The highest BCUT2D eigenvalue weighted by Crippen LogP contribution is 2.32.